The van der Waals surface area contributed by atoms with E-state index in [0.29, 0.717) is 17.9 Å². The minimum atomic E-state index is 0.383. The van der Waals surface area contributed by atoms with Gasteiger partial charge in [-0.15, -0.1) is 0 Å². The summed E-state index contributed by atoms with van der Waals surface area (Å²) in [5, 5.41) is 8.03. The largest absolute Gasteiger partial charge is 0.383 e. The molecule has 0 amide bonds. The first-order valence-electron chi connectivity index (χ1n) is 9.76. The number of piperidine rings is 1. The van der Waals surface area contributed by atoms with Crippen molar-refractivity contribution in [1.29, 1.82) is 0 Å². The van der Waals surface area contributed by atoms with Crippen molar-refractivity contribution in [2.45, 2.75) is 44.6 Å². The van der Waals surface area contributed by atoms with Gasteiger partial charge in [-0.1, -0.05) is 34.5 Å². The van der Waals surface area contributed by atoms with Crippen molar-refractivity contribution >= 4 is 43.5 Å². The van der Waals surface area contributed by atoms with Crippen molar-refractivity contribution < 1.29 is 0 Å². The molecule has 1 fully saturated rings. The van der Waals surface area contributed by atoms with Gasteiger partial charge in [0, 0.05) is 26.1 Å². The number of hydrogen-bond donors (Lipinski definition) is 3. The van der Waals surface area contributed by atoms with Gasteiger partial charge in [-0.25, -0.2) is 0 Å². The van der Waals surface area contributed by atoms with Crippen molar-refractivity contribution in [2.75, 3.05) is 19.6 Å². The number of benzene rings is 1. The first-order valence-corrected chi connectivity index (χ1v) is 11.7. The molecule has 1 saturated heterocycles. The van der Waals surface area contributed by atoms with Gasteiger partial charge < -0.3 is 16.4 Å². The molecule has 1 unspecified atom stereocenters. The Hall–Kier alpha value is -0.330. The van der Waals surface area contributed by atoms with Gasteiger partial charge in [0.1, 0.15) is 0 Å². The third kappa shape index (κ3) is 4.99. The molecule has 0 spiro atoms. The highest BCUT2D eigenvalue weighted by molar-refractivity contribution is 9.12. The number of nitrogens with two attached hydrogens (primary N) is 1. The summed E-state index contributed by atoms with van der Waals surface area (Å²) in [4.78, 5) is 0. The highest BCUT2D eigenvalue weighted by Crippen LogP contribution is 2.46. The van der Waals surface area contributed by atoms with Gasteiger partial charge in [0.05, 0.1) is 6.04 Å². The lowest BCUT2D eigenvalue weighted by atomic mass is 9.73. The molecule has 6 heteroatoms. The summed E-state index contributed by atoms with van der Waals surface area (Å²) in [5.74, 6) is 1.17. The molecule has 2 atom stereocenters. The maximum atomic E-state index is 6.36. The Labute approximate surface area is 184 Å². The molecule has 0 bridgehead atoms. The molecular formula is C21H28Br2ClN3. The zero-order valence-corrected chi connectivity index (χ0v) is 19.6. The van der Waals surface area contributed by atoms with Crippen molar-refractivity contribution in [3.05, 3.63) is 55.1 Å². The maximum absolute atomic E-state index is 6.36. The summed E-state index contributed by atoms with van der Waals surface area (Å²) >= 11 is 13.8. The molecule has 2 aliphatic heterocycles. The summed E-state index contributed by atoms with van der Waals surface area (Å²) in [6.07, 6.45) is 9.03. The number of hydrogen-bond acceptors (Lipinski definition) is 3. The molecule has 1 aromatic rings. The number of fused-ring (bicyclic) bond motifs is 2. The lowest BCUT2D eigenvalue weighted by molar-refractivity contribution is 0.287. The van der Waals surface area contributed by atoms with Crippen LogP contribution in [0.15, 0.2) is 38.9 Å². The molecule has 3 aliphatic rings. The smallest absolute Gasteiger partial charge is 0.0543 e. The number of aryl methyl sites for hydroxylation is 1. The van der Waals surface area contributed by atoms with Gasteiger partial charge in [0.2, 0.25) is 0 Å². The van der Waals surface area contributed by atoms with E-state index in [1.165, 1.54) is 34.0 Å². The SMILES string of the molecule is CCN.Clc1cc(Br)c2c(c1)CCC1=CC(Br)=CNC1[C@@H]2C1CCNCC1. The fourth-order valence-electron chi connectivity index (χ4n) is 4.52. The number of rotatable bonds is 1. The van der Waals surface area contributed by atoms with E-state index in [1.807, 2.05) is 6.92 Å². The molecule has 1 aromatic carbocycles. The summed E-state index contributed by atoms with van der Waals surface area (Å²) in [6, 6.07) is 4.63. The molecule has 2 heterocycles. The van der Waals surface area contributed by atoms with Gasteiger partial charge in [-0.05, 0) is 102 Å². The normalized spacial score (nSPS) is 24.9. The molecule has 0 saturated carbocycles. The van der Waals surface area contributed by atoms with Crippen molar-refractivity contribution in [1.82, 2.24) is 10.6 Å². The number of allylic oxidation sites excluding steroid dienone is 2. The van der Waals surface area contributed by atoms with Crippen LogP contribution in [0.25, 0.3) is 0 Å². The molecule has 3 nitrogen and oxygen atoms in total. The minimum absolute atomic E-state index is 0.383. The molecule has 0 radical (unpaired) electrons. The Morgan fingerprint density at radius 3 is 2.59 bits per heavy atom. The predicted octanol–water partition coefficient (Wildman–Crippen LogP) is 5.23. The van der Waals surface area contributed by atoms with Crippen LogP contribution in [0, 0.1) is 5.92 Å². The Morgan fingerprint density at radius 2 is 1.89 bits per heavy atom. The van der Waals surface area contributed by atoms with Crippen molar-refractivity contribution in [3.8, 4) is 0 Å². The predicted molar refractivity (Wildman–Crippen MR) is 123 cm³/mol. The maximum Gasteiger partial charge on any atom is 0.0543 e. The first kappa shape index (κ1) is 21.4. The highest BCUT2D eigenvalue weighted by atomic mass is 79.9. The second-order valence-corrected chi connectivity index (χ2v) is 9.58. The minimum Gasteiger partial charge on any atom is -0.383 e. The van der Waals surface area contributed by atoms with Crippen molar-refractivity contribution in [3.63, 3.8) is 0 Å². The Bertz CT molecular complexity index is 726. The summed E-state index contributed by atoms with van der Waals surface area (Å²) in [7, 11) is 0. The number of nitrogens with one attached hydrogen (secondary N) is 2. The van der Waals surface area contributed by atoms with Crippen LogP contribution in [-0.4, -0.2) is 25.7 Å². The van der Waals surface area contributed by atoms with Crippen LogP contribution in [0.5, 0.6) is 0 Å². The third-order valence-corrected chi connectivity index (χ3v) is 6.90. The molecule has 4 N–H and O–H groups in total. The van der Waals surface area contributed by atoms with E-state index < -0.39 is 0 Å². The lowest BCUT2D eigenvalue weighted by Crippen LogP contribution is -2.41. The number of dihydropyridines is 1. The Kier molecular flexibility index (Phi) is 7.86. The van der Waals surface area contributed by atoms with E-state index in [2.05, 4.69) is 66.9 Å². The third-order valence-electron chi connectivity index (χ3n) is 5.57. The molecule has 148 valence electrons. The van der Waals surface area contributed by atoms with E-state index in [1.54, 1.807) is 0 Å². The fourth-order valence-corrected chi connectivity index (χ4v) is 6.09. The van der Waals surface area contributed by atoms with Crippen LogP contribution in [0.2, 0.25) is 5.02 Å². The Morgan fingerprint density at radius 1 is 1.19 bits per heavy atom. The quantitative estimate of drug-likeness (QED) is 0.478. The monoisotopic (exact) mass is 515 g/mol. The fraction of sp³-hybridized carbons (Fsp3) is 0.524. The number of halogens is 3. The average molecular weight is 518 g/mol. The summed E-state index contributed by atoms with van der Waals surface area (Å²) in [5.41, 5.74) is 9.23. The molecule has 27 heavy (non-hydrogen) atoms. The van der Waals surface area contributed by atoms with Gasteiger partial charge in [-0.2, -0.15) is 0 Å². The first-order chi connectivity index (χ1) is 13.0. The van der Waals surface area contributed by atoms with Crippen LogP contribution < -0.4 is 16.4 Å². The Balaban J connectivity index is 0.000000659. The van der Waals surface area contributed by atoms with E-state index in [9.17, 15) is 0 Å². The van der Waals surface area contributed by atoms with Crippen LogP contribution in [0.3, 0.4) is 0 Å². The molecule has 0 aromatic heterocycles. The van der Waals surface area contributed by atoms with Crippen molar-refractivity contribution in [2.24, 2.45) is 11.7 Å². The standard InChI is InChI=1S/C19H21Br2ClN2.C2H7N/c20-14-7-13-2-1-12-8-15(22)9-16(21)17(12)18(19(13)24-10-14)11-3-5-23-6-4-11;1-2-3/h7-11,18-19,23-24H,1-6H2;2-3H2,1H3/t18-,19?;/m1./s1. The summed E-state index contributed by atoms with van der Waals surface area (Å²) in [6.45, 7) is 4.89. The van der Waals surface area contributed by atoms with E-state index in [0.717, 1.165) is 42.0 Å². The second-order valence-electron chi connectivity index (χ2n) is 7.37. The van der Waals surface area contributed by atoms with Gasteiger partial charge in [-0.3, -0.25) is 0 Å². The van der Waals surface area contributed by atoms with E-state index in [4.69, 9.17) is 17.3 Å². The van der Waals surface area contributed by atoms with Gasteiger partial charge in [0.15, 0.2) is 0 Å². The van der Waals surface area contributed by atoms with Crippen LogP contribution in [0.1, 0.15) is 43.2 Å². The zero-order valence-electron chi connectivity index (χ0n) is 15.7. The zero-order chi connectivity index (χ0) is 19.4. The summed E-state index contributed by atoms with van der Waals surface area (Å²) < 4.78 is 2.31. The highest BCUT2D eigenvalue weighted by Gasteiger charge is 2.38. The molecule has 1 aliphatic carbocycles. The molecular weight excluding hydrogens is 490 g/mol. The van der Waals surface area contributed by atoms with Crippen LogP contribution in [0.4, 0.5) is 0 Å². The van der Waals surface area contributed by atoms with E-state index >= 15 is 0 Å². The van der Waals surface area contributed by atoms with Gasteiger partial charge >= 0.3 is 0 Å². The lowest BCUT2D eigenvalue weighted by Gasteiger charge is -2.38. The average Bonchev–Trinajstić information content (AvgIpc) is 2.80. The van der Waals surface area contributed by atoms with Crippen LogP contribution >= 0.6 is 43.5 Å². The van der Waals surface area contributed by atoms with E-state index in [-0.39, 0.29) is 0 Å². The van der Waals surface area contributed by atoms with Gasteiger partial charge in [0.25, 0.3) is 0 Å². The molecule has 4 rings (SSSR count). The van der Waals surface area contributed by atoms with Crippen LogP contribution in [-0.2, 0) is 6.42 Å². The topological polar surface area (TPSA) is 50.1 Å². The second kappa shape index (κ2) is 9.93.